The molecule has 0 spiro atoms. The fraction of sp³-hybridized carbons (Fsp3) is 0.333. The van der Waals surface area contributed by atoms with E-state index in [1.165, 1.54) is 0 Å². The molecule has 1 aromatic carbocycles. The molecule has 0 fully saturated rings. The van der Waals surface area contributed by atoms with E-state index < -0.39 is 0 Å². The predicted octanol–water partition coefficient (Wildman–Crippen LogP) is 3.21. The third kappa shape index (κ3) is 3.36. The van der Waals surface area contributed by atoms with Gasteiger partial charge in [0.15, 0.2) is 11.5 Å². The summed E-state index contributed by atoms with van der Waals surface area (Å²) in [5.41, 5.74) is 1.03. The molecule has 0 unspecified atom stereocenters. The van der Waals surface area contributed by atoms with E-state index in [0.29, 0.717) is 36.6 Å². The summed E-state index contributed by atoms with van der Waals surface area (Å²) >= 11 is 5.93. The maximum Gasteiger partial charge on any atom is 0.166 e. The van der Waals surface area contributed by atoms with Crippen LogP contribution in [0.5, 0.6) is 11.5 Å². The van der Waals surface area contributed by atoms with E-state index in [2.05, 4.69) is 15.3 Å². The van der Waals surface area contributed by atoms with Crippen LogP contribution in [0.25, 0.3) is 0 Å². The second kappa shape index (κ2) is 6.18. The molecule has 0 radical (unpaired) electrons. The molecule has 1 aromatic heterocycles. The Hall–Kier alpha value is -2.01. The Morgan fingerprint density at radius 2 is 2.10 bits per heavy atom. The second-order valence-electron chi connectivity index (χ2n) is 4.77. The van der Waals surface area contributed by atoms with E-state index in [0.717, 1.165) is 23.5 Å². The van der Waals surface area contributed by atoms with Crippen molar-refractivity contribution >= 4 is 17.4 Å². The molecular weight excluding hydrogens is 290 g/mol. The maximum absolute atomic E-state index is 5.93. The lowest BCUT2D eigenvalue weighted by Crippen LogP contribution is -2.05. The Labute approximate surface area is 128 Å². The molecule has 1 aliphatic heterocycles. The van der Waals surface area contributed by atoms with Gasteiger partial charge in [-0.3, -0.25) is 0 Å². The molecule has 0 saturated carbocycles. The Morgan fingerprint density at radius 1 is 1.24 bits per heavy atom. The number of halogens is 1. The third-order valence-corrected chi connectivity index (χ3v) is 3.31. The fourth-order valence-electron chi connectivity index (χ4n) is 2.20. The average Bonchev–Trinajstić information content (AvgIpc) is 2.69. The molecule has 6 heteroatoms. The van der Waals surface area contributed by atoms with Crippen molar-refractivity contribution in [3.05, 3.63) is 40.8 Å². The molecule has 21 heavy (non-hydrogen) atoms. The zero-order chi connectivity index (χ0) is 14.7. The molecule has 0 aliphatic carbocycles. The van der Waals surface area contributed by atoms with Gasteiger partial charge in [-0.25, -0.2) is 9.97 Å². The van der Waals surface area contributed by atoms with Crippen molar-refractivity contribution in [3.8, 4) is 11.5 Å². The summed E-state index contributed by atoms with van der Waals surface area (Å²) in [7, 11) is 0. The van der Waals surface area contributed by atoms with Gasteiger partial charge in [0.05, 0.1) is 13.2 Å². The normalized spacial score (nSPS) is 13.6. The molecule has 2 heterocycles. The van der Waals surface area contributed by atoms with Crippen molar-refractivity contribution in [1.82, 2.24) is 9.97 Å². The first-order chi connectivity index (χ1) is 10.2. The van der Waals surface area contributed by atoms with Gasteiger partial charge in [0.1, 0.15) is 16.8 Å². The lowest BCUT2D eigenvalue weighted by atomic mass is 10.2. The summed E-state index contributed by atoms with van der Waals surface area (Å²) in [6, 6.07) is 7.60. The third-order valence-electron chi connectivity index (χ3n) is 3.12. The summed E-state index contributed by atoms with van der Waals surface area (Å²) in [5, 5.41) is 3.67. The van der Waals surface area contributed by atoms with Crippen molar-refractivity contribution in [1.29, 1.82) is 0 Å². The number of hydrogen-bond acceptors (Lipinski definition) is 5. The minimum Gasteiger partial charge on any atom is -0.490 e. The number of nitrogens with one attached hydrogen (secondary N) is 1. The standard InChI is InChI=1S/C15H16ClN3O2/c1-10-18-13(16)8-14(19-10)17-9-11-4-2-5-12-15(11)21-7-3-6-20-12/h2,4-5,8H,3,6-7,9H2,1H3,(H,17,18,19). The molecule has 0 atom stereocenters. The van der Waals surface area contributed by atoms with E-state index in [1.807, 2.05) is 25.1 Å². The molecule has 110 valence electrons. The number of hydrogen-bond donors (Lipinski definition) is 1. The van der Waals surface area contributed by atoms with Crippen LogP contribution in [-0.4, -0.2) is 23.2 Å². The van der Waals surface area contributed by atoms with Gasteiger partial charge >= 0.3 is 0 Å². The molecule has 0 bridgehead atoms. The summed E-state index contributed by atoms with van der Waals surface area (Å²) in [5.74, 6) is 2.93. The number of aryl methyl sites for hydroxylation is 1. The summed E-state index contributed by atoms with van der Waals surface area (Å²) in [6.45, 7) is 3.74. The quantitative estimate of drug-likeness (QED) is 0.882. The minimum atomic E-state index is 0.427. The number of benzene rings is 1. The van der Waals surface area contributed by atoms with Gasteiger partial charge in [0, 0.05) is 24.6 Å². The minimum absolute atomic E-state index is 0.427. The smallest absolute Gasteiger partial charge is 0.166 e. The molecule has 0 saturated heterocycles. The largest absolute Gasteiger partial charge is 0.490 e. The van der Waals surface area contributed by atoms with Crippen LogP contribution in [0.1, 0.15) is 17.8 Å². The number of rotatable bonds is 3. The van der Waals surface area contributed by atoms with Crippen LogP contribution >= 0.6 is 11.6 Å². The number of fused-ring (bicyclic) bond motifs is 1. The number of nitrogens with zero attached hydrogens (tertiary/aromatic N) is 2. The summed E-state index contributed by atoms with van der Waals surface area (Å²) in [4.78, 5) is 8.34. The first-order valence-electron chi connectivity index (χ1n) is 6.85. The van der Waals surface area contributed by atoms with Crippen LogP contribution in [-0.2, 0) is 6.54 Å². The SMILES string of the molecule is Cc1nc(Cl)cc(NCc2cccc3c2OCCCO3)n1. The summed E-state index contributed by atoms with van der Waals surface area (Å²) < 4.78 is 11.5. The Balaban J connectivity index is 1.79. The molecular formula is C15H16ClN3O2. The van der Waals surface area contributed by atoms with Gasteiger partial charge in [-0.2, -0.15) is 0 Å². The predicted molar refractivity (Wildman–Crippen MR) is 81.2 cm³/mol. The van der Waals surface area contributed by atoms with Gasteiger partial charge < -0.3 is 14.8 Å². The van der Waals surface area contributed by atoms with Gasteiger partial charge in [-0.15, -0.1) is 0 Å². The van der Waals surface area contributed by atoms with Crippen molar-refractivity contribution in [2.24, 2.45) is 0 Å². The highest BCUT2D eigenvalue weighted by molar-refractivity contribution is 6.29. The van der Waals surface area contributed by atoms with E-state index in [4.69, 9.17) is 21.1 Å². The van der Waals surface area contributed by atoms with Crippen LogP contribution in [0.15, 0.2) is 24.3 Å². The van der Waals surface area contributed by atoms with Crippen molar-refractivity contribution in [3.63, 3.8) is 0 Å². The Kier molecular flexibility index (Phi) is 4.10. The van der Waals surface area contributed by atoms with Gasteiger partial charge in [-0.05, 0) is 13.0 Å². The average molecular weight is 306 g/mol. The van der Waals surface area contributed by atoms with Crippen molar-refractivity contribution in [2.45, 2.75) is 19.9 Å². The topological polar surface area (TPSA) is 56.3 Å². The highest BCUT2D eigenvalue weighted by Gasteiger charge is 2.14. The van der Waals surface area contributed by atoms with E-state index in [9.17, 15) is 0 Å². The van der Waals surface area contributed by atoms with Crippen LogP contribution in [0.3, 0.4) is 0 Å². The number of aromatic nitrogens is 2. The zero-order valence-electron chi connectivity index (χ0n) is 11.7. The number of para-hydroxylation sites is 1. The molecule has 3 rings (SSSR count). The summed E-state index contributed by atoms with van der Waals surface area (Å²) in [6.07, 6.45) is 0.891. The van der Waals surface area contributed by atoms with Gasteiger partial charge in [-0.1, -0.05) is 23.7 Å². The zero-order valence-corrected chi connectivity index (χ0v) is 12.5. The number of ether oxygens (including phenoxy) is 2. The molecule has 5 nitrogen and oxygen atoms in total. The van der Waals surface area contributed by atoms with E-state index in [1.54, 1.807) is 6.07 Å². The van der Waals surface area contributed by atoms with Crippen LogP contribution in [0.2, 0.25) is 5.15 Å². The molecule has 0 amide bonds. The lowest BCUT2D eigenvalue weighted by Gasteiger charge is -2.13. The molecule has 2 aromatic rings. The van der Waals surface area contributed by atoms with E-state index >= 15 is 0 Å². The first kappa shape index (κ1) is 13.9. The highest BCUT2D eigenvalue weighted by Crippen LogP contribution is 2.33. The Morgan fingerprint density at radius 3 is 2.95 bits per heavy atom. The van der Waals surface area contributed by atoms with Gasteiger partial charge in [0.2, 0.25) is 0 Å². The highest BCUT2D eigenvalue weighted by atomic mass is 35.5. The van der Waals surface area contributed by atoms with Gasteiger partial charge in [0.25, 0.3) is 0 Å². The first-order valence-corrected chi connectivity index (χ1v) is 7.23. The number of anilines is 1. The monoisotopic (exact) mass is 305 g/mol. The maximum atomic E-state index is 5.93. The fourth-order valence-corrected chi connectivity index (χ4v) is 2.43. The van der Waals surface area contributed by atoms with Crippen LogP contribution in [0, 0.1) is 6.92 Å². The van der Waals surface area contributed by atoms with Crippen molar-refractivity contribution < 1.29 is 9.47 Å². The molecule has 1 N–H and O–H groups in total. The van der Waals surface area contributed by atoms with E-state index in [-0.39, 0.29) is 0 Å². The van der Waals surface area contributed by atoms with Crippen molar-refractivity contribution in [2.75, 3.05) is 18.5 Å². The van der Waals surface area contributed by atoms with Crippen LogP contribution < -0.4 is 14.8 Å². The van der Waals surface area contributed by atoms with Crippen LogP contribution in [0.4, 0.5) is 5.82 Å². The lowest BCUT2D eigenvalue weighted by molar-refractivity contribution is 0.296. The molecule has 1 aliphatic rings. The second-order valence-corrected chi connectivity index (χ2v) is 5.16. The Bertz CT molecular complexity index is 629.